The van der Waals surface area contributed by atoms with Crippen LogP contribution in [-0.4, -0.2) is 73.1 Å². The van der Waals surface area contributed by atoms with Crippen LogP contribution in [0.5, 0.6) is 0 Å². The lowest BCUT2D eigenvalue weighted by Crippen LogP contribution is -2.53. The molecule has 3 aromatic rings. The number of nitrogens with zero attached hydrogens (tertiary/aromatic N) is 5. The third kappa shape index (κ3) is 4.24. The lowest BCUT2D eigenvalue weighted by molar-refractivity contribution is 0.0695. The van der Waals surface area contributed by atoms with Crippen LogP contribution in [0.1, 0.15) is 28.8 Å². The summed E-state index contributed by atoms with van der Waals surface area (Å²) < 4.78 is 27.5. The molecule has 1 aliphatic carbocycles. The van der Waals surface area contributed by atoms with Crippen LogP contribution in [0, 0.1) is 6.57 Å². The number of fused-ring (bicyclic) bond motifs is 1. The first-order valence-electron chi connectivity index (χ1n) is 11.7. The highest BCUT2D eigenvalue weighted by Gasteiger charge is 2.52. The first-order chi connectivity index (χ1) is 17.2. The number of rotatable bonds is 5. The largest absolute Gasteiger partial charge is 0.336 e. The number of amides is 1. The van der Waals surface area contributed by atoms with Crippen LogP contribution in [0.4, 0.5) is 0 Å². The average Bonchev–Trinajstić information content (AvgIpc) is 3.69. The van der Waals surface area contributed by atoms with E-state index in [1.165, 1.54) is 22.7 Å². The second-order valence-corrected chi connectivity index (χ2v) is 12.0. The molecule has 0 bridgehead atoms. The van der Waals surface area contributed by atoms with Gasteiger partial charge in [-0.3, -0.25) is 9.78 Å². The highest BCUT2D eigenvalue weighted by molar-refractivity contribution is 7.86. The van der Waals surface area contributed by atoms with Crippen molar-refractivity contribution in [3.8, 4) is 11.1 Å². The molecule has 10 heteroatoms. The zero-order valence-corrected chi connectivity index (χ0v) is 21.7. The van der Waals surface area contributed by atoms with Crippen LogP contribution in [0.25, 0.3) is 26.9 Å². The standard InChI is InChI=1S/C26H26ClN5O3S/c1-28-26(10-11-26)19-6-4-18(5-7-19)24-21-16-20(27)8-9-23(21)29-17-22(24)25(33)31-12-14-32(15-13-31)36(34,35)30(2)3/h4-9,16-17H,10-15H2,2-3H3. The highest BCUT2D eigenvalue weighted by Crippen LogP contribution is 2.50. The summed E-state index contributed by atoms with van der Waals surface area (Å²) in [6.07, 6.45) is 3.32. The van der Waals surface area contributed by atoms with E-state index in [0.29, 0.717) is 10.6 Å². The maximum atomic E-state index is 13.7. The van der Waals surface area contributed by atoms with Gasteiger partial charge in [-0.05, 0) is 23.8 Å². The molecule has 2 fully saturated rings. The van der Waals surface area contributed by atoms with Gasteiger partial charge in [-0.2, -0.15) is 17.0 Å². The van der Waals surface area contributed by atoms with Crippen molar-refractivity contribution in [1.82, 2.24) is 18.5 Å². The fourth-order valence-corrected chi connectivity index (χ4v) is 5.95. The Morgan fingerprint density at radius 2 is 1.75 bits per heavy atom. The molecule has 2 heterocycles. The Hall–Kier alpha value is -3.03. The van der Waals surface area contributed by atoms with Gasteiger partial charge < -0.3 is 9.74 Å². The van der Waals surface area contributed by atoms with E-state index in [9.17, 15) is 13.2 Å². The van der Waals surface area contributed by atoms with Crippen LogP contribution in [-0.2, 0) is 15.7 Å². The van der Waals surface area contributed by atoms with Gasteiger partial charge in [0.25, 0.3) is 21.7 Å². The van der Waals surface area contributed by atoms with E-state index in [0.717, 1.165) is 40.4 Å². The Kier molecular flexibility index (Phi) is 6.25. The van der Waals surface area contributed by atoms with E-state index in [1.807, 2.05) is 36.4 Å². The number of benzene rings is 2. The Bertz CT molecular complexity index is 1490. The van der Waals surface area contributed by atoms with Gasteiger partial charge in [0.15, 0.2) is 0 Å². The van der Waals surface area contributed by atoms with Crippen molar-refractivity contribution in [3.63, 3.8) is 0 Å². The van der Waals surface area contributed by atoms with Gasteiger partial charge in [0, 0.05) is 80.8 Å². The van der Waals surface area contributed by atoms with Gasteiger partial charge in [-0.25, -0.2) is 6.57 Å². The van der Waals surface area contributed by atoms with Crippen LogP contribution >= 0.6 is 11.6 Å². The lowest BCUT2D eigenvalue weighted by atomic mass is 9.93. The monoisotopic (exact) mass is 523 g/mol. The molecule has 186 valence electrons. The van der Waals surface area contributed by atoms with Gasteiger partial charge >= 0.3 is 0 Å². The van der Waals surface area contributed by atoms with Crippen molar-refractivity contribution in [1.29, 1.82) is 0 Å². The first kappa shape index (κ1) is 24.7. The SMILES string of the molecule is [C-]#[N+]C1(c2ccc(-c3c(C(=O)N4CCN(S(=O)(=O)N(C)C)CC4)cnc4ccc(Cl)cc34)cc2)CC1. The van der Waals surface area contributed by atoms with Crippen molar-refractivity contribution in [2.45, 2.75) is 18.4 Å². The smallest absolute Gasteiger partial charge is 0.281 e. The third-order valence-corrected chi connectivity index (χ3v) is 9.20. The summed E-state index contributed by atoms with van der Waals surface area (Å²) in [5.41, 5.74) is 3.31. The molecule has 5 rings (SSSR count). The summed E-state index contributed by atoms with van der Waals surface area (Å²) in [6, 6.07) is 13.2. The Labute approximate surface area is 216 Å². The zero-order valence-electron chi connectivity index (χ0n) is 20.1. The number of halogens is 1. The van der Waals surface area contributed by atoms with Crippen LogP contribution in [0.3, 0.4) is 0 Å². The first-order valence-corrected chi connectivity index (χ1v) is 13.5. The van der Waals surface area contributed by atoms with Gasteiger partial charge in [0.1, 0.15) is 0 Å². The minimum Gasteiger partial charge on any atom is -0.336 e. The van der Waals surface area contributed by atoms with Crippen molar-refractivity contribution < 1.29 is 13.2 Å². The zero-order chi connectivity index (χ0) is 25.7. The van der Waals surface area contributed by atoms with Crippen molar-refractivity contribution in [2.24, 2.45) is 0 Å². The average molecular weight is 524 g/mol. The number of carbonyl (C=O) groups excluding carboxylic acids is 1. The fourth-order valence-electron chi connectivity index (χ4n) is 4.69. The third-order valence-electron chi connectivity index (χ3n) is 7.02. The van der Waals surface area contributed by atoms with E-state index in [-0.39, 0.29) is 32.1 Å². The summed E-state index contributed by atoms with van der Waals surface area (Å²) in [5, 5.41) is 1.31. The van der Waals surface area contributed by atoms with Crippen molar-refractivity contribution in [3.05, 3.63) is 76.2 Å². The predicted molar refractivity (Wildman–Crippen MR) is 140 cm³/mol. The molecular weight excluding hydrogens is 498 g/mol. The topological polar surface area (TPSA) is 78.2 Å². The van der Waals surface area contributed by atoms with E-state index in [4.69, 9.17) is 18.2 Å². The quantitative estimate of drug-likeness (QED) is 0.473. The Morgan fingerprint density at radius 3 is 2.33 bits per heavy atom. The molecule has 0 unspecified atom stereocenters. The molecule has 1 saturated heterocycles. The number of hydrogen-bond acceptors (Lipinski definition) is 4. The number of aromatic nitrogens is 1. The molecule has 1 aliphatic heterocycles. The molecule has 2 aliphatic rings. The molecule has 1 saturated carbocycles. The number of piperazine rings is 1. The van der Waals surface area contributed by atoms with Gasteiger partial charge in [0.2, 0.25) is 0 Å². The van der Waals surface area contributed by atoms with E-state index >= 15 is 0 Å². The maximum absolute atomic E-state index is 13.7. The second kappa shape index (κ2) is 9.12. The van der Waals surface area contributed by atoms with Gasteiger partial charge in [0.05, 0.1) is 11.1 Å². The summed E-state index contributed by atoms with van der Waals surface area (Å²) in [6.45, 7) is 8.56. The minimum atomic E-state index is -3.53. The molecular formula is C26H26ClN5O3S. The van der Waals surface area contributed by atoms with Gasteiger partial charge in [-0.15, -0.1) is 0 Å². The van der Waals surface area contributed by atoms with E-state index in [1.54, 1.807) is 17.2 Å². The molecule has 1 amide bonds. The van der Waals surface area contributed by atoms with E-state index in [2.05, 4.69) is 9.83 Å². The summed E-state index contributed by atoms with van der Waals surface area (Å²) in [5.74, 6) is -0.204. The fraction of sp³-hybridized carbons (Fsp3) is 0.346. The number of carbonyl (C=O) groups is 1. The molecule has 0 spiro atoms. The summed E-state index contributed by atoms with van der Waals surface area (Å²) in [4.78, 5) is 23.7. The minimum absolute atomic E-state index is 0.204. The molecule has 0 N–H and O–H groups in total. The van der Waals surface area contributed by atoms with Crippen LogP contribution in [0.15, 0.2) is 48.7 Å². The van der Waals surface area contributed by atoms with Crippen molar-refractivity contribution >= 4 is 38.6 Å². The maximum Gasteiger partial charge on any atom is 0.281 e. The van der Waals surface area contributed by atoms with E-state index < -0.39 is 15.7 Å². The van der Waals surface area contributed by atoms with Gasteiger partial charge in [-0.1, -0.05) is 35.9 Å². The normalized spacial score (nSPS) is 17.8. The predicted octanol–water partition coefficient (Wildman–Crippen LogP) is 4.03. The lowest BCUT2D eigenvalue weighted by Gasteiger charge is -2.35. The molecule has 0 atom stereocenters. The number of pyridine rings is 1. The molecule has 8 nitrogen and oxygen atoms in total. The summed E-state index contributed by atoms with van der Waals surface area (Å²) >= 11 is 6.33. The molecule has 0 radical (unpaired) electrons. The van der Waals surface area contributed by atoms with Crippen LogP contribution < -0.4 is 0 Å². The number of hydrogen-bond donors (Lipinski definition) is 0. The second-order valence-electron chi connectivity index (χ2n) is 9.41. The summed E-state index contributed by atoms with van der Waals surface area (Å²) in [7, 11) is -0.532. The van der Waals surface area contributed by atoms with Crippen molar-refractivity contribution in [2.75, 3.05) is 40.3 Å². The Balaban J connectivity index is 1.52. The Morgan fingerprint density at radius 1 is 1.08 bits per heavy atom. The molecule has 2 aromatic carbocycles. The van der Waals surface area contributed by atoms with Crippen LogP contribution in [0.2, 0.25) is 5.02 Å². The highest BCUT2D eigenvalue weighted by atomic mass is 35.5. The molecule has 1 aromatic heterocycles. The molecule has 36 heavy (non-hydrogen) atoms.